The van der Waals surface area contributed by atoms with E-state index in [1.54, 1.807) is 24.3 Å². The minimum atomic E-state index is -0.467. The van der Waals surface area contributed by atoms with Crippen LogP contribution in [0.15, 0.2) is 70.3 Å². The molecule has 0 radical (unpaired) electrons. The molecule has 9 heteroatoms. The zero-order valence-electron chi connectivity index (χ0n) is 14.8. The third kappa shape index (κ3) is 6.44. The van der Waals surface area contributed by atoms with Crippen LogP contribution in [0.4, 0.5) is 0 Å². The number of para-hydroxylation sites is 1. The third-order valence-corrected chi connectivity index (χ3v) is 4.25. The Hall–Kier alpha value is -3.33. The molecule has 0 spiro atoms. The standard InChI is InChI=1S/C19H18N4O4S/c24-16(12-26-15-9-5-2-6-10-15)20-21-17(25)13-28-19-23-22-18(27-19)11-14-7-3-1-4-8-14/h1-10H,11-13H2,(H,20,24)(H,21,25). The highest BCUT2D eigenvalue weighted by Crippen LogP contribution is 2.17. The van der Waals surface area contributed by atoms with Crippen LogP contribution in [0.5, 0.6) is 5.75 Å². The summed E-state index contributed by atoms with van der Waals surface area (Å²) in [5.41, 5.74) is 5.65. The van der Waals surface area contributed by atoms with Gasteiger partial charge >= 0.3 is 0 Å². The first-order valence-corrected chi connectivity index (χ1v) is 9.42. The Morgan fingerprint density at radius 1 is 0.929 bits per heavy atom. The van der Waals surface area contributed by atoms with Crippen molar-refractivity contribution in [1.82, 2.24) is 21.0 Å². The summed E-state index contributed by atoms with van der Waals surface area (Å²) < 4.78 is 10.8. The lowest BCUT2D eigenvalue weighted by atomic mass is 10.2. The number of thioether (sulfide) groups is 1. The summed E-state index contributed by atoms with van der Waals surface area (Å²) in [5.74, 6) is 0.195. The van der Waals surface area contributed by atoms with E-state index in [2.05, 4.69) is 21.0 Å². The van der Waals surface area contributed by atoms with E-state index in [4.69, 9.17) is 9.15 Å². The van der Waals surface area contributed by atoms with Gasteiger partial charge in [-0.05, 0) is 17.7 Å². The lowest BCUT2D eigenvalue weighted by Crippen LogP contribution is -2.44. The molecule has 0 aliphatic carbocycles. The maximum atomic E-state index is 11.8. The van der Waals surface area contributed by atoms with E-state index < -0.39 is 11.8 Å². The Morgan fingerprint density at radius 2 is 1.61 bits per heavy atom. The van der Waals surface area contributed by atoms with Crippen molar-refractivity contribution < 1.29 is 18.7 Å². The van der Waals surface area contributed by atoms with Crippen LogP contribution < -0.4 is 15.6 Å². The first-order valence-electron chi connectivity index (χ1n) is 8.43. The van der Waals surface area contributed by atoms with Gasteiger partial charge in [-0.2, -0.15) is 0 Å². The van der Waals surface area contributed by atoms with Gasteiger partial charge in [-0.3, -0.25) is 20.4 Å². The van der Waals surface area contributed by atoms with Crippen molar-refractivity contribution in [3.05, 3.63) is 72.1 Å². The van der Waals surface area contributed by atoms with Gasteiger partial charge in [-0.25, -0.2) is 0 Å². The summed E-state index contributed by atoms with van der Waals surface area (Å²) in [6, 6.07) is 18.7. The number of rotatable bonds is 8. The Labute approximate surface area is 165 Å². The summed E-state index contributed by atoms with van der Waals surface area (Å²) in [4.78, 5) is 23.5. The third-order valence-electron chi connectivity index (χ3n) is 3.43. The van der Waals surface area contributed by atoms with Crippen LogP contribution in [0.2, 0.25) is 0 Å². The normalized spacial score (nSPS) is 10.3. The van der Waals surface area contributed by atoms with Crippen LogP contribution >= 0.6 is 11.8 Å². The SMILES string of the molecule is O=C(COc1ccccc1)NNC(=O)CSc1nnc(Cc2ccccc2)o1. The minimum absolute atomic E-state index is 0.0206. The van der Waals surface area contributed by atoms with E-state index in [-0.39, 0.29) is 12.4 Å². The fraction of sp³-hybridized carbons (Fsp3) is 0.158. The summed E-state index contributed by atoms with van der Waals surface area (Å²) in [6.45, 7) is -0.204. The molecule has 0 saturated heterocycles. The molecule has 8 nitrogen and oxygen atoms in total. The van der Waals surface area contributed by atoms with E-state index in [1.807, 2.05) is 36.4 Å². The lowest BCUT2D eigenvalue weighted by molar-refractivity contribution is -0.128. The molecule has 0 unspecified atom stereocenters. The minimum Gasteiger partial charge on any atom is -0.484 e. The molecule has 0 fully saturated rings. The highest BCUT2D eigenvalue weighted by molar-refractivity contribution is 7.99. The molecule has 3 rings (SSSR count). The number of hydrogen-bond donors (Lipinski definition) is 2. The van der Waals surface area contributed by atoms with Crippen LogP contribution in [-0.4, -0.2) is 34.4 Å². The topological polar surface area (TPSA) is 106 Å². The van der Waals surface area contributed by atoms with Gasteiger partial charge in [0.05, 0.1) is 12.2 Å². The average Bonchev–Trinajstić information content (AvgIpc) is 3.18. The smallest absolute Gasteiger partial charge is 0.277 e. The second-order valence-corrected chi connectivity index (χ2v) is 6.54. The van der Waals surface area contributed by atoms with Gasteiger partial charge in [0.1, 0.15) is 5.75 Å². The Morgan fingerprint density at radius 3 is 2.36 bits per heavy atom. The molecule has 2 amide bonds. The van der Waals surface area contributed by atoms with Gasteiger partial charge in [-0.15, -0.1) is 10.2 Å². The monoisotopic (exact) mass is 398 g/mol. The van der Waals surface area contributed by atoms with Gasteiger partial charge in [-0.1, -0.05) is 60.3 Å². The molecule has 0 atom stereocenters. The molecule has 2 aromatic carbocycles. The Kier molecular flexibility index (Phi) is 7.02. The molecule has 3 aromatic rings. The zero-order chi connectivity index (χ0) is 19.6. The summed E-state index contributed by atoms with van der Waals surface area (Å²) in [5, 5.41) is 8.15. The Bertz CT molecular complexity index is 903. The van der Waals surface area contributed by atoms with E-state index in [1.165, 1.54) is 0 Å². The van der Waals surface area contributed by atoms with Crippen molar-refractivity contribution in [3.63, 3.8) is 0 Å². The maximum absolute atomic E-state index is 11.8. The molecule has 1 aromatic heterocycles. The number of benzene rings is 2. The molecular formula is C19H18N4O4S. The van der Waals surface area contributed by atoms with Crippen molar-refractivity contribution in [1.29, 1.82) is 0 Å². The summed E-state index contributed by atoms with van der Waals surface area (Å²) >= 11 is 1.09. The highest BCUT2D eigenvalue weighted by atomic mass is 32.2. The zero-order valence-corrected chi connectivity index (χ0v) is 15.6. The van der Waals surface area contributed by atoms with Gasteiger partial charge in [0, 0.05) is 0 Å². The molecule has 2 N–H and O–H groups in total. The van der Waals surface area contributed by atoms with Gasteiger partial charge in [0.25, 0.3) is 11.1 Å². The first kappa shape index (κ1) is 19.4. The molecule has 144 valence electrons. The number of carbonyl (C=O) groups excluding carboxylic acids is 2. The summed E-state index contributed by atoms with van der Waals surface area (Å²) in [6.07, 6.45) is 0.526. The molecule has 1 heterocycles. The van der Waals surface area contributed by atoms with Gasteiger partial charge < -0.3 is 9.15 Å². The predicted octanol–water partition coefficient (Wildman–Crippen LogP) is 1.98. The largest absolute Gasteiger partial charge is 0.484 e. The van der Waals surface area contributed by atoms with Gasteiger partial charge in [0.15, 0.2) is 6.61 Å². The molecule has 28 heavy (non-hydrogen) atoms. The second kappa shape index (κ2) is 10.1. The Balaban J connectivity index is 1.34. The lowest BCUT2D eigenvalue weighted by Gasteiger charge is -2.08. The predicted molar refractivity (Wildman–Crippen MR) is 102 cm³/mol. The van der Waals surface area contributed by atoms with Crippen LogP contribution in [-0.2, 0) is 16.0 Å². The number of hydrogen-bond acceptors (Lipinski definition) is 7. The fourth-order valence-electron chi connectivity index (χ4n) is 2.14. The van der Waals surface area contributed by atoms with Crippen molar-refractivity contribution in [2.24, 2.45) is 0 Å². The first-order chi connectivity index (χ1) is 13.7. The number of nitrogens with one attached hydrogen (secondary N) is 2. The number of hydrazine groups is 1. The molecule has 0 aliphatic heterocycles. The van der Waals surface area contributed by atoms with Crippen molar-refractivity contribution >= 4 is 23.6 Å². The fourth-order valence-corrected chi connectivity index (χ4v) is 2.72. The number of nitrogens with zero attached hydrogens (tertiary/aromatic N) is 2. The van der Waals surface area contributed by atoms with Crippen LogP contribution in [0.1, 0.15) is 11.5 Å². The second-order valence-electron chi connectivity index (χ2n) is 5.61. The van der Waals surface area contributed by atoms with Crippen LogP contribution in [0.3, 0.4) is 0 Å². The molecule has 0 aliphatic rings. The number of amides is 2. The maximum Gasteiger partial charge on any atom is 0.277 e. The number of carbonyl (C=O) groups is 2. The van der Waals surface area contributed by atoms with E-state index in [0.29, 0.717) is 23.3 Å². The van der Waals surface area contributed by atoms with Gasteiger partial charge in [0.2, 0.25) is 11.8 Å². The number of ether oxygens (including phenoxy) is 1. The molecular weight excluding hydrogens is 380 g/mol. The molecule has 0 saturated carbocycles. The quantitative estimate of drug-likeness (QED) is 0.441. The summed E-state index contributed by atoms with van der Waals surface area (Å²) in [7, 11) is 0. The van der Waals surface area contributed by atoms with E-state index in [9.17, 15) is 9.59 Å². The van der Waals surface area contributed by atoms with Crippen molar-refractivity contribution in [3.8, 4) is 5.75 Å². The molecule has 0 bridgehead atoms. The average molecular weight is 398 g/mol. The van der Waals surface area contributed by atoms with E-state index >= 15 is 0 Å². The van der Waals surface area contributed by atoms with Crippen LogP contribution in [0, 0.1) is 0 Å². The van der Waals surface area contributed by atoms with Crippen LogP contribution in [0.25, 0.3) is 0 Å². The van der Waals surface area contributed by atoms with Crippen molar-refractivity contribution in [2.75, 3.05) is 12.4 Å². The number of aromatic nitrogens is 2. The highest BCUT2D eigenvalue weighted by Gasteiger charge is 2.11. The van der Waals surface area contributed by atoms with E-state index in [0.717, 1.165) is 17.3 Å². The van der Waals surface area contributed by atoms with Crippen molar-refractivity contribution in [2.45, 2.75) is 11.6 Å².